The molecule has 0 aliphatic rings. The molecule has 8 heteroatoms. The first-order valence-corrected chi connectivity index (χ1v) is 7.96. The maximum absolute atomic E-state index is 12.2. The second-order valence-electron chi connectivity index (χ2n) is 5.50. The fourth-order valence-electron chi connectivity index (χ4n) is 2.48. The average molecular weight is 367 g/mol. The van der Waals surface area contributed by atoms with E-state index in [4.69, 9.17) is 20.8 Å². The third-order valence-corrected chi connectivity index (χ3v) is 4.22. The number of hydrogen-bond donors (Lipinski definition) is 1. The molecule has 1 heterocycles. The van der Waals surface area contributed by atoms with Crippen LogP contribution in [0.5, 0.6) is 5.75 Å². The standard InChI is InChI=1S/C17H18ClNO6/c1-4-12(16(21)22)19-15(20)6-10-8(2)9-5-11(18)14(24-3)7-13(9)25-17(10)23/h5,7,12H,4,6H2,1-3H3,(H,19,20)(H,21,22)/p-1/t12-/m1/s1. The molecule has 1 atom stereocenters. The molecule has 0 unspecified atom stereocenters. The number of halogens is 1. The smallest absolute Gasteiger partial charge is 0.340 e. The lowest BCUT2D eigenvalue weighted by molar-refractivity contribution is -0.308. The van der Waals surface area contributed by atoms with Crippen LogP contribution in [-0.4, -0.2) is 25.0 Å². The van der Waals surface area contributed by atoms with Gasteiger partial charge in [0, 0.05) is 11.5 Å². The Labute approximate surface area is 148 Å². The highest BCUT2D eigenvalue weighted by molar-refractivity contribution is 6.32. The van der Waals surface area contributed by atoms with Crippen molar-refractivity contribution in [2.24, 2.45) is 0 Å². The van der Waals surface area contributed by atoms with Gasteiger partial charge in [-0.15, -0.1) is 0 Å². The molecule has 7 nitrogen and oxygen atoms in total. The number of aryl methyl sites for hydroxylation is 1. The van der Waals surface area contributed by atoms with Crippen molar-refractivity contribution in [3.8, 4) is 5.75 Å². The van der Waals surface area contributed by atoms with Crippen molar-refractivity contribution in [3.05, 3.63) is 38.7 Å². The third-order valence-electron chi connectivity index (χ3n) is 3.93. The van der Waals surface area contributed by atoms with Crippen molar-refractivity contribution in [3.63, 3.8) is 0 Å². The molecule has 0 saturated carbocycles. The third kappa shape index (κ3) is 3.93. The van der Waals surface area contributed by atoms with Crippen molar-refractivity contribution < 1.29 is 23.8 Å². The quantitative estimate of drug-likeness (QED) is 0.762. The molecule has 1 aromatic heterocycles. The van der Waals surface area contributed by atoms with E-state index in [2.05, 4.69) is 5.32 Å². The van der Waals surface area contributed by atoms with Crippen LogP contribution in [-0.2, 0) is 16.0 Å². The zero-order valence-electron chi connectivity index (χ0n) is 14.0. The molecule has 25 heavy (non-hydrogen) atoms. The Hall–Kier alpha value is -2.54. The minimum Gasteiger partial charge on any atom is -0.548 e. The molecule has 0 spiro atoms. The van der Waals surface area contributed by atoms with Crippen LogP contribution in [0.3, 0.4) is 0 Å². The Balaban J connectivity index is 2.40. The van der Waals surface area contributed by atoms with Crippen molar-refractivity contribution in [1.29, 1.82) is 0 Å². The summed E-state index contributed by atoms with van der Waals surface area (Å²) in [6.45, 7) is 3.27. The highest BCUT2D eigenvalue weighted by atomic mass is 35.5. The van der Waals surface area contributed by atoms with Crippen molar-refractivity contribution >= 4 is 34.4 Å². The molecule has 0 fully saturated rings. The molecule has 1 amide bonds. The summed E-state index contributed by atoms with van der Waals surface area (Å²) in [7, 11) is 1.44. The largest absolute Gasteiger partial charge is 0.548 e. The molecule has 0 radical (unpaired) electrons. The van der Waals surface area contributed by atoms with Gasteiger partial charge in [0.1, 0.15) is 11.3 Å². The number of amides is 1. The number of carboxylic acid groups (broad SMARTS) is 1. The normalized spacial score (nSPS) is 12.0. The second-order valence-corrected chi connectivity index (χ2v) is 5.91. The van der Waals surface area contributed by atoms with E-state index in [1.165, 1.54) is 13.2 Å². The Morgan fingerprint density at radius 3 is 2.64 bits per heavy atom. The van der Waals surface area contributed by atoms with Crippen LogP contribution >= 0.6 is 11.6 Å². The van der Waals surface area contributed by atoms with Crippen LogP contribution in [0, 0.1) is 6.92 Å². The molecule has 0 bridgehead atoms. The number of rotatable bonds is 6. The van der Waals surface area contributed by atoms with Gasteiger partial charge in [-0.2, -0.15) is 0 Å². The Morgan fingerprint density at radius 1 is 1.40 bits per heavy atom. The molecule has 0 aliphatic carbocycles. The molecule has 2 aromatic rings. The van der Waals surface area contributed by atoms with Gasteiger partial charge >= 0.3 is 5.63 Å². The number of fused-ring (bicyclic) bond motifs is 1. The van der Waals surface area contributed by atoms with Gasteiger partial charge in [0.05, 0.1) is 36.1 Å². The summed E-state index contributed by atoms with van der Waals surface area (Å²) in [6.07, 6.45) is -0.133. The van der Waals surface area contributed by atoms with E-state index in [0.29, 0.717) is 21.7 Å². The minimum absolute atomic E-state index is 0.138. The maximum Gasteiger partial charge on any atom is 0.340 e. The van der Waals surface area contributed by atoms with Crippen LogP contribution in [0.1, 0.15) is 24.5 Å². The summed E-state index contributed by atoms with van der Waals surface area (Å²) < 4.78 is 10.3. The number of carboxylic acids is 1. The predicted octanol–water partition coefficient (Wildman–Crippen LogP) is 0.951. The van der Waals surface area contributed by atoms with E-state index in [9.17, 15) is 19.5 Å². The zero-order chi connectivity index (χ0) is 18.7. The molecule has 1 aromatic carbocycles. The summed E-state index contributed by atoms with van der Waals surface area (Å²) in [5.74, 6) is -1.62. The monoisotopic (exact) mass is 366 g/mol. The first kappa shape index (κ1) is 18.8. The van der Waals surface area contributed by atoms with Crippen LogP contribution < -0.4 is 20.8 Å². The van der Waals surface area contributed by atoms with Crippen LogP contribution in [0.4, 0.5) is 0 Å². The highest BCUT2D eigenvalue weighted by Gasteiger charge is 2.18. The van der Waals surface area contributed by atoms with Crippen molar-refractivity contribution in [2.75, 3.05) is 7.11 Å². The van der Waals surface area contributed by atoms with E-state index in [0.717, 1.165) is 0 Å². The topological polar surface area (TPSA) is 109 Å². The van der Waals surface area contributed by atoms with Gasteiger partial charge in [0.2, 0.25) is 5.91 Å². The number of carbonyl (C=O) groups is 2. The summed E-state index contributed by atoms with van der Waals surface area (Å²) in [4.78, 5) is 35.2. The van der Waals surface area contributed by atoms with Crippen molar-refractivity contribution in [2.45, 2.75) is 32.7 Å². The van der Waals surface area contributed by atoms with Gasteiger partial charge in [-0.1, -0.05) is 18.5 Å². The van der Waals surface area contributed by atoms with E-state index in [1.807, 2.05) is 0 Å². The Bertz CT molecular complexity index is 889. The Kier molecular flexibility index (Phi) is 5.69. The van der Waals surface area contributed by atoms with Crippen LogP contribution in [0.15, 0.2) is 21.3 Å². The Morgan fingerprint density at radius 2 is 2.08 bits per heavy atom. The SMILES string of the molecule is CC[C@@H](NC(=O)Cc1c(C)c2cc(Cl)c(OC)cc2oc1=O)C(=O)[O-]. The van der Waals surface area contributed by atoms with Crippen LogP contribution in [0.25, 0.3) is 11.0 Å². The fourth-order valence-corrected chi connectivity index (χ4v) is 2.72. The number of nitrogens with one attached hydrogen (secondary N) is 1. The average Bonchev–Trinajstić information content (AvgIpc) is 2.56. The van der Waals surface area contributed by atoms with Gasteiger partial charge in [-0.3, -0.25) is 4.79 Å². The summed E-state index contributed by atoms with van der Waals surface area (Å²) in [5, 5.41) is 14.1. The first-order valence-electron chi connectivity index (χ1n) is 7.58. The number of hydrogen-bond acceptors (Lipinski definition) is 6. The number of ether oxygens (including phenoxy) is 1. The second kappa shape index (κ2) is 7.57. The maximum atomic E-state index is 12.2. The van der Waals surface area contributed by atoms with Gasteiger partial charge < -0.3 is 24.4 Å². The lowest BCUT2D eigenvalue weighted by atomic mass is 10.0. The first-order chi connectivity index (χ1) is 11.8. The summed E-state index contributed by atoms with van der Waals surface area (Å²) in [6, 6.07) is 1.98. The number of aliphatic carboxylic acids is 1. The summed E-state index contributed by atoms with van der Waals surface area (Å²) >= 11 is 6.10. The van der Waals surface area contributed by atoms with Gasteiger partial charge in [-0.05, 0) is 25.0 Å². The molecule has 134 valence electrons. The highest BCUT2D eigenvalue weighted by Crippen LogP contribution is 2.31. The molecule has 0 aliphatic heterocycles. The number of benzene rings is 1. The lowest BCUT2D eigenvalue weighted by Gasteiger charge is -2.18. The van der Waals surface area contributed by atoms with Gasteiger partial charge in [-0.25, -0.2) is 4.79 Å². The number of carbonyl (C=O) groups excluding carboxylic acids is 2. The lowest BCUT2D eigenvalue weighted by Crippen LogP contribution is -2.48. The van der Waals surface area contributed by atoms with E-state index in [1.54, 1.807) is 19.9 Å². The van der Waals surface area contributed by atoms with Gasteiger partial charge in [0.15, 0.2) is 0 Å². The zero-order valence-corrected chi connectivity index (χ0v) is 14.7. The van der Waals surface area contributed by atoms with E-state index in [-0.39, 0.29) is 24.0 Å². The number of methoxy groups -OCH3 is 1. The predicted molar refractivity (Wildman–Crippen MR) is 89.7 cm³/mol. The van der Waals surface area contributed by atoms with E-state index >= 15 is 0 Å². The van der Waals surface area contributed by atoms with Crippen LogP contribution in [0.2, 0.25) is 5.02 Å². The van der Waals surface area contributed by atoms with E-state index < -0.39 is 23.5 Å². The van der Waals surface area contributed by atoms with Gasteiger partial charge in [0.25, 0.3) is 0 Å². The molecule has 0 saturated heterocycles. The molecular weight excluding hydrogens is 350 g/mol. The molecule has 2 rings (SSSR count). The molecular formula is C17H17ClNO6-. The van der Waals surface area contributed by atoms with Crippen molar-refractivity contribution in [1.82, 2.24) is 5.32 Å². The summed E-state index contributed by atoms with van der Waals surface area (Å²) in [5.41, 5.74) is 0.284. The molecule has 1 N–H and O–H groups in total. The fraction of sp³-hybridized carbons (Fsp3) is 0.353. The minimum atomic E-state index is -1.38.